The Hall–Kier alpha value is -3.41. The predicted molar refractivity (Wildman–Crippen MR) is 106 cm³/mol. The lowest BCUT2D eigenvalue weighted by Gasteiger charge is -2.31. The number of aromatic nitrogens is 3. The molecule has 2 aromatic carbocycles. The molecule has 6 nitrogen and oxygen atoms in total. The maximum Gasteiger partial charge on any atom is 0.276 e. The Morgan fingerprint density at radius 2 is 1.93 bits per heavy atom. The molecule has 1 aliphatic rings. The van der Waals surface area contributed by atoms with Crippen molar-refractivity contribution in [1.29, 1.82) is 0 Å². The second-order valence-corrected chi connectivity index (χ2v) is 7.13. The molecule has 1 saturated heterocycles. The fourth-order valence-electron chi connectivity index (χ4n) is 3.89. The highest BCUT2D eigenvalue weighted by atomic mass is 16.3. The lowest BCUT2D eigenvalue weighted by atomic mass is 9.97. The summed E-state index contributed by atoms with van der Waals surface area (Å²) in [7, 11) is 0. The van der Waals surface area contributed by atoms with Gasteiger partial charge in [0.05, 0.1) is 11.0 Å². The van der Waals surface area contributed by atoms with E-state index >= 15 is 0 Å². The van der Waals surface area contributed by atoms with Gasteiger partial charge in [0.2, 0.25) is 0 Å². The van der Waals surface area contributed by atoms with Crippen LogP contribution in [0.4, 0.5) is 0 Å². The number of para-hydroxylation sites is 2. The largest absolute Gasteiger partial charge is 0.443 e. The number of fused-ring (bicyclic) bond motifs is 1. The molecule has 1 N–H and O–H groups in total. The van der Waals surface area contributed by atoms with Crippen LogP contribution in [0, 0.1) is 0 Å². The van der Waals surface area contributed by atoms with E-state index < -0.39 is 0 Å². The number of likely N-dealkylation sites (tertiary alicyclic amines) is 1. The molecule has 140 valence electrons. The molecule has 1 amide bonds. The van der Waals surface area contributed by atoms with Crippen LogP contribution in [0.25, 0.3) is 22.4 Å². The molecule has 1 aliphatic heterocycles. The second kappa shape index (κ2) is 6.96. The number of imidazole rings is 1. The highest BCUT2D eigenvalue weighted by molar-refractivity contribution is 5.97. The highest BCUT2D eigenvalue weighted by Crippen LogP contribution is 2.29. The number of H-pyrrole nitrogens is 1. The quantitative estimate of drug-likeness (QED) is 0.584. The Morgan fingerprint density at radius 1 is 1.11 bits per heavy atom. The molecular weight excluding hydrogens is 352 g/mol. The first-order chi connectivity index (χ1) is 13.8. The first-order valence-corrected chi connectivity index (χ1v) is 9.52. The molecule has 1 atom stereocenters. The van der Waals surface area contributed by atoms with Gasteiger partial charge in [0, 0.05) is 24.6 Å². The van der Waals surface area contributed by atoms with Crippen molar-refractivity contribution in [1.82, 2.24) is 19.9 Å². The summed E-state index contributed by atoms with van der Waals surface area (Å²) in [5.74, 6) is 1.57. The first-order valence-electron chi connectivity index (χ1n) is 9.52. The Bertz CT molecular complexity index is 1080. The Kier molecular flexibility index (Phi) is 4.16. The van der Waals surface area contributed by atoms with E-state index in [4.69, 9.17) is 9.40 Å². The predicted octanol–water partition coefficient (Wildman–Crippen LogP) is 4.24. The number of benzene rings is 2. The second-order valence-electron chi connectivity index (χ2n) is 7.13. The molecule has 2 aromatic heterocycles. The van der Waals surface area contributed by atoms with E-state index in [0.717, 1.165) is 41.8 Å². The Balaban J connectivity index is 1.40. The van der Waals surface area contributed by atoms with E-state index in [9.17, 15) is 4.79 Å². The van der Waals surface area contributed by atoms with Crippen LogP contribution in [0.2, 0.25) is 0 Å². The Morgan fingerprint density at radius 3 is 2.79 bits per heavy atom. The lowest BCUT2D eigenvalue weighted by molar-refractivity contribution is 0.0700. The number of piperidine rings is 1. The molecule has 0 bridgehead atoms. The number of hydrogen-bond acceptors (Lipinski definition) is 4. The SMILES string of the molecule is O=C(c1ncoc1-c1ccccc1)N1CCC[C@H](c2nc3ccccc3[nH]2)C1. The number of nitrogens with zero attached hydrogens (tertiary/aromatic N) is 3. The van der Waals surface area contributed by atoms with Crippen molar-refractivity contribution in [3.05, 3.63) is 72.5 Å². The van der Waals surface area contributed by atoms with Gasteiger partial charge < -0.3 is 14.3 Å². The first kappa shape index (κ1) is 16.7. The zero-order valence-electron chi connectivity index (χ0n) is 15.3. The number of amides is 1. The molecule has 4 aromatic rings. The lowest BCUT2D eigenvalue weighted by Crippen LogP contribution is -2.39. The minimum absolute atomic E-state index is 0.0894. The van der Waals surface area contributed by atoms with E-state index in [-0.39, 0.29) is 11.8 Å². The molecule has 6 heteroatoms. The van der Waals surface area contributed by atoms with Gasteiger partial charge in [-0.2, -0.15) is 0 Å². The number of nitrogens with one attached hydrogen (secondary N) is 1. The van der Waals surface area contributed by atoms with E-state index in [1.807, 2.05) is 59.5 Å². The molecule has 0 saturated carbocycles. The topological polar surface area (TPSA) is 75.0 Å². The molecule has 1 fully saturated rings. The van der Waals surface area contributed by atoms with Crippen LogP contribution in [-0.2, 0) is 0 Å². The number of aromatic amines is 1. The zero-order valence-corrected chi connectivity index (χ0v) is 15.3. The summed E-state index contributed by atoms with van der Waals surface area (Å²) >= 11 is 0. The fourth-order valence-corrected chi connectivity index (χ4v) is 3.89. The van der Waals surface area contributed by atoms with Gasteiger partial charge in [0.15, 0.2) is 17.8 Å². The van der Waals surface area contributed by atoms with Crippen LogP contribution in [0.1, 0.15) is 35.1 Å². The van der Waals surface area contributed by atoms with E-state index in [0.29, 0.717) is 18.0 Å². The molecule has 0 unspecified atom stereocenters. The molecule has 0 spiro atoms. The molecule has 0 aliphatic carbocycles. The van der Waals surface area contributed by atoms with Crippen LogP contribution >= 0.6 is 0 Å². The molecule has 3 heterocycles. The maximum absolute atomic E-state index is 13.2. The van der Waals surface area contributed by atoms with Gasteiger partial charge in [0.25, 0.3) is 5.91 Å². The number of carbonyl (C=O) groups is 1. The normalized spacial score (nSPS) is 17.1. The highest BCUT2D eigenvalue weighted by Gasteiger charge is 2.30. The van der Waals surface area contributed by atoms with Crippen molar-refractivity contribution in [2.75, 3.05) is 13.1 Å². The van der Waals surface area contributed by atoms with Gasteiger partial charge in [0.1, 0.15) is 5.82 Å². The van der Waals surface area contributed by atoms with Gasteiger partial charge in [-0.3, -0.25) is 4.79 Å². The summed E-state index contributed by atoms with van der Waals surface area (Å²) in [6.07, 6.45) is 3.29. The number of rotatable bonds is 3. The minimum atomic E-state index is -0.0894. The monoisotopic (exact) mass is 372 g/mol. The van der Waals surface area contributed by atoms with Crippen LogP contribution in [0.5, 0.6) is 0 Å². The van der Waals surface area contributed by atoms with E-state index in [1.165, 1.54) is 6.39 Å². The Labute approximate surface area is 162 Å². The van der Waals surface area contributed by atoms with Crippen LogP contribution < -0.4 is 0 Å². The standard InChI is InChI=1S/C22H20N4O2/c27-22(19-20(28-14-23-19)15-7-2-1-3-8-15)26-12-6-9-16(13-26)21-24-17-10-4-5-11-18(17)25-21/h1-5,7-8,10-11,14,16H,6,9,12-13H2,(H,24,25)/t16-/m0/s1. The average Bonchev–Trinajstić information content (AvgIpc) is 3.41. The van der Waals surface area contributed by atoms with Crippen molar-refractivity contribution >= 4 is 16.9 Å². The third-order valence-electron chi connectivity index (χ3n) is 5.31. The van der Waals surface area contributed by atoms with Gasteiger partial charge in [-0.05, 0) is 25.0 Å². The summed E-state index contributed by atoms with van der Waals surface area (Å²) in [4.78, 5) is 27.4. The number of oxazole rings is 1. The van der Waals surface area contributed by atoms with Crippen LogP contribution in [-0.4, -0.2) is 38.8 Å². The maximum atomic E-state index is 13.2. The molecule has 28 heavy (non-hydrogen) atoms. The van der Waals surface area contributed by atoms with Gasteiger partial charge in [-0.25, -0.2) is 9.97 Å². The summed E-state index contributed by atoms with van der Waals surface area (Å²) in [5, 5.41) is 0. The van der Waals surface area contributed by atoms with Crippen molar-refractivity contribution in [3.8, 4) is 11.3 Å². The van der Waals surface area contributed by atoms with Crippen molar-refractivity contribution in [3.63, 3.8) is 0 Å². The number of hydrogen-bond donors (Lipinski definition) is 1. The summed E-state index contributed by atoms with van der Waals surface area (Å²) in [6.45, 7) is 1.34. The summed E-state index contributed by atoms with van der Waals surface area (Å²) in [6, 6.07) is 17.6. The van der Waals surface area contributed by atoms with E-state index in [1.54, 1.807) is 0 Å². The van der Waals surface area contributed by atoms with Gasteiger partial charge in [-0.1, -0.05) is 42.5 Å². The van der Waals surface area contributed by atoms with Crippen molar-refractivity contribution < 1.29 is 9.21 Å². The van der Waals surface area contributed by atoms with Crippen molar-refractivity contribution in [2.45, 2.75) is 18.8 Å². The molecule has 5 rings (SSSR count). The van der Waals surface area contributed by atoms with Crippen LogP contribution in [0.15, 0.2) is 65.4 Å². The molecular formula is C22H20N4O2. The minimum Gasteiger partial charge on any atom is -0.443 e. The third kappa shape index (κ3) is 2.97. The smallest absolute Gasteiger partial charge is 0.276 e. The fraction of sp³-hybridized carbons (Fsp3) is 0.227. The van der Waals surface area contributed by atoms with Crippen LogP contribution in [0.3, 0.4) is 0 Å². The van der Waals surface area contributed by atoms with Crippen molar-refractivity contribution in [2.24, 2.45) is 0 Å². The average molecular weight is 372 g/mol. The molecule has 0 radical (unpaired) electrons. The third-order valence-corrected chi connectivity index (χ3v) is 5.31. The zero-order chi connectivity index (χ0) is 18.9. The number of carbonyl (C=O) groups excluding carboxylic acids is 1. The van der Waals surface area contributed by atoms with E-state index in [2.05, 4.69) is 9.97 Å². The van der Waals surface area contributed by atoms with Gasteiger partial charge in [-0.15, -0.1) is 0 Å². The summed E-state index contributed by atoms with van der Waals surface area (Å²) in [5.41, 5.74) is 3.22. The summed E-state index contributed by atoms with van der Waals surface area (Å²) < 4.78 is 5.54. The van der Waals surface area contributed by atoms with Gasteiger partial charge >= 0.3 is 0 Å².